The number of rotatable bonds is 8. The minimum absolute atomic E-state index is 0.244. The molecule has 0 saturated heterocycles. The molecule has 2 N–H and O–H groups in total. The number of nitrogens with one attached hydrogen (secondary N) is 2. The van der Waals surface area contributed by atoms with E-state index in [1.807, 2.05) is 0 Å². The summed E-state index contributed by atoms with van der Waals surface area (Å²) in [7, 11) is 0. The Bertz CT molecular complexity index is 1270. The molecule has 7 nitrogen and oxygen atoms in total. The van der Waals surface area contributed by atoms with Crippen LogP contribution < -0.4 is 15.4 Å². The molecule has 1 aromatic heterocycles. The van der Waals surface area contributed by atoms with Crippen molar-refractivity contribution < 1.29 is 23.9 Å². The zero-order valence-corrected chi connectivity index (χ0v) is 21.6. The number of amides is 2. The van der Waals surface area contributed by atoms with Crippen LogP contribution in [-0.4, -0.2) is 31.0 Å². The van der Waals surface area contributed by atoms with Gasteiger partial charge < -0.3 is 20.1 Å². The van der Waals surface area contributed by atoms with Crippen molar-refractivity contribution >= 4 is 51.4 Å². The number of fused-ring (bicyclic) bond motifs is 1. The molecule has 1 heterocycles. The van der Waals surface area contributed by atoms with Gasteiger partial charge in [0.15, 0.2) is 6.61 Å². The third kappa shape index (κ3) is 6.06. The number of halogens is 1. The zero-order chi connectivity index (χ0) is 25.7. The SMILES string of the molecule is CCOC(=O)c1c(NC(=O)COc2ccc(C(=O)Nc3ccccc3Cl)cc2)sc2c1CCC(C)C2. The van der Waals surface area contributed by atoms with Gasteiger partial charge in [0.25, 0.3) is 11.8 Å². The van der Waals surface area contributed by atoms with Gasteiger partial charge in [0.2, 0.25) is 0 Å². The molecule has 2 aromatic carbocycles. The van der Waals surface area contributed by atoms with Crippen LogP contribution in [0.5, 0.6) is 5.75 Å². The fourth-order valence-electron chi connectivity index (χ4n) is 4.03. The molecular weight excluding hydrogens is 500 g/mol. The van der Waals surface area contributed by atoms with Crippen LogP contribution in [0.3, 0.4) is 0 Å². The van der Waals surface area contributed by atoms with Crippen LogP contribution in [0.4, 0.5) is 10.7 Å². The van der Waals surface area contributed by atoms with Crippen LogP contribution in [0.1, 0.15) is 51.4 Å². The van der Waals surface area contributed by atoms with Gasteiger partial charge in [-0.1, -0.05) is 30.7 Å². The number of ether oxygens (including phenoxy) is 2. The van der Waals surface area contributed by atoms with Gasteiger partial charge >= 0.3 is 5.97 Å². The molecule has 0 spiro atoms. The monoisotopic (exact) mass is 526 g/mol. The van der Waals surface area contributed by atoms with Crippen molar-refractivity contribution in [1.29, 1.82) is 0 Å². The number of benzene rings is 2. The first-order valence-electron chi connectivity index (χ1n) is 11.8. The highest BCUT2D eigenvalue weighted by molar-refractivity contribution is 7.17. The Labute approximate surface area is 218 Å². The van der Waals surface area contributed by atoms with Gasteiger partial charge in [-0.25, -0.2) is 4.79 Å². The van der Waals surface area contributed by atoms with Crippen molar-refractivity contribution in [3.05, 3.63) is 75.1 Å². The summed E-state index contributed by atoms with van der Waals surface area (Å²) in [4.78, 5) is 38.9. The van der Waals surface area contributed by atoms with Gasteiger partial charge in [-0.3, -0.25) is 9.59 Å². The lowest BCUT2D eigenvalue weighted by Gasteiger charge is -2.18. The highest BCUT2D eigenvalue weighted by Gasteiger charge is 2.29. The summed E-state index contributed by atoms with van der Waals surface area (Å²) in [5.74, 6) is -0.133. The molecule has 0 bridgehead atoms. The number of carbonyl (C=O) groups excluding carboxylic acids is 3. The fourth-order valence-corrected chi connectivity index (χ4v) is 5.63. The smallest absolute Gasteiger partial charge is 0.341 e. The maximum absolute atomic E-state index is 12.6. The molecule has 0 aliphatic heterocycles. The summed E-state index contributed by atoms with van der Waals surface area (Å²) in [5, 5.41) is 6.54. The largest absolute Gasteiger partial charge is 0.484 e. The molecule has 1 atom stereocenters. The highest BCUT2D eigenvalue weighted by atomic mass is 35.5. The number of anilines is 2. The predicted octanol–water partition coefficient (Wildman–Crippen LogP) is 5.97. The molecule has 0 radical (unpaired) electrons. The van der Waals surface area contributed by atoms with Crippen LogP contribution in [0, 0.1) is 5.92 Å². The Morgan fingerprint density at radius 2 is 1.83 bits per heavy atom. The van der Waals surface area contributed by atoms with Crippen molar-refractivity contribution in [2.45, 2.75) is 33.1 Å². The van der Waals surface area contributed by atoms with Crippen molar-refractivity contribution in [2.24, 2.45) is 5.92 Å². The maximum atomic E-state index is 12.6. The third-order valence-corrected chi connectivity index (χ3v) is 7.35. The predicted molar refractivity (Wildman–Crippen MR) is 141 cm³/mol. The summed E-state index contributed by atoms with van der Waals surface area (Å²) in [6, 6.07) is 13.4. The number of para-hydroxylation sites is 1. The van der Waals surface area contributed by atoms with E-state index in [0.29, 0.717) is 38.5 Å². The normalized spacial score (nSPS) is 14.5. The second kappa shape index (κ2) is 11.6. The van der Waals surface area contributed by atoms with E-state index in [-0.39, 0.29) is 25.0 Å². The Morgan fingerprint density at radius 1 is 1.08 bits per heavy atom. The fraction of sp³-hybridized carbons (Fsp3) is 0.296. The average molecular weight is 527 g/mol. The lowest BCUT2D eigenvalue weighted by Crippen LogP contribution is -2.21. The molecule has 4 rings (SSSR count). The van der Waals surface area contributed by atoms with Crippen LogP contribution in [-0.2, 0) is 22.4 Å². The van der Waals surface area contributed by atoms with Gasteiger partial charge in [0, 0.05) is 10.4 Å². The minimum Gasteiger partial charge on any atom is -0.484 e. The molecule has 188 valence electrons. The molecule has 0 saturated carbocycles. The molecule has 36 heavy (non-hydrogen) atoms. The lowest BCUT2D eigenvalue weighted by molar-refractivity contribution is -0.118. The van der Waals surface area contributed by atoms with Crippen molar-refractivity contribution in [1.82, 2.24) is 0 Å². The molecule has 1 unspecified atom stereocenters. The standard InChI is InChI=1S/C27H27ClN2O5S/c1-3-34-27(33)24-19-13-8-16(2)14-22(19)36-26(24)30-23(31)15-35-18-11-9-17(10-12-18)25(32)29-21-7-5-4-6-20(21)28/h4-7,9-12,16H,3,8,13-15H2,1-2H3,(H,29,32)(H,30,31). The molecule has 1 aliphatic rings. The van der Waals surface area contributed by atoms with E-state index >= 15 is 0 Å². The summed E-state index contributed by atoms with van der Waals surface area (Å²) in [6.45, 7) is 3.97. The number of thiophene rings is 1. The molecule has 2 amide bonds. The Balaban J connectivity index is 1.37. The van der Waals surface area contributed by atoms with Crippen LogP contribution in [0.15, 0.2) is 48.5 Å². The molecule has 3 aromatic rings. The molecule has 0 fully saturated rings. The van der Waals surface area contributed by atoms with Gasteiger partial charge in [-0.2, -0.15) is 0 Å². The van der Waals surface area contributed by atoms with Crippen LogP contribution in [0.2, 0.25) is 5.02 Å². The quantitative estimate of drug-likeness (QED) is 0.352. The first kappa shape index (κ1) is 25.7. The number of esters is 1. The first-order valence-corrected chi connectivity index (χ1v) is 12.9. The maximum Gasteiger partial charge on any atom is 0.341 e. The van der Waals surface area contributed by atoms with Crippen molar-refractivity contribution in [3.63, 3.8) is 0 Å². The van der Waals surface area contributed by atoms with E-state index in [9.17, 15) is 14.4 Å². The second-order valence-electron chi connectivity index (χ2n) is 8.57. The Morgan fingerprint density at radius 3 is 2.56 bits per heavy atom. The number of carbonyl (C=O) groups is 3. The van der Waals surface area contributed by atoms with Gasteiger partial charge in [-0.15, -0.1) is 11.3 Å². The average Bonchev–Trinajstić information content (AvgIpc) is 3.21. The Kier molecular flexibility index (Phi) is 8.28. The van der Waals surface area contributed by atoms with Crippen LogP contribution in [0.25, 0.3) is 0 Å². The van der Waals surface area contributed by atoms with Crippen molar-refractivity contribution in [2.75, 3.05) is 23.8 Å². The van der Waals surface area contributed by atoms with E-state index in [1.165, 1.54) is 11.3 Å². The minimum atomic E-state index is -0.411. The highest BCUT2D eigenvalue weighted by Crippen LogP contribution is 2.40. The molecule has 1 aliphatic carbocycles. The number of hydrogen-bond donors (Lipinski definition) is 2. The van der Waals surface area contributed by atoms with E-state index in [0.717, 1.165) is 29.7 Å². The topological polar surface area (TPSA) is 93.7 Å². The second-order valence-corrected chi connectivity index (χ2v) is 10.1. The van der Waals surface area contributed by atoms with E-state index in [1.54, 1.807) is 55.5 Å². The molecular formula is C27H27ClN2O5S. The van der Waals surface area contributed by atoms with Gasteiger partial charge in [0.1, 0.15) is 10.8 Å². The van der Waals surface area contributed by atoms with Gasteiger partial charge in [-0.05, 0) is 74.1 Å². The molecule has 9 heteroatoms. The lowest BCUT2D eigenvalue weighted by atomic mass is 9.88. The zero-order valence-electron chi connectivity index (χ0n) is 20.1. The van der Waals surface area contributed by atoms with Gasteiger partial charge in [0.05, 0.1) is 22.9 Å². The first-order chi connectivity index (χ1) is 17.4. The summed E-state index contributed by atoms with van der Waals surface area (Å²) < 4.78 is 10.9. The summed E-state index contributed by atoms with van der Waals surface area (Å²) in [6.07, 6.45) is 2.68. The third-order valence-electron chi connectivity index (χ3n) is 5.85. The van der Waals surface area contributed by atoms with E-state index < -0.39 is 5.97 Å². The van der Waals surface area contributed by atoms with E-state index in [2.05, 4.69) is 17.6 Å². The Hall–Kier alpha value is -3.36. The van der Waals surface area contributed by atoms with E-state index in [4.69, 9.17) is 21.1 Å². The summed E-state index contributed by atoms with van der Waals surface area (Å²) >= 11 is 7.53. The number of hydrogen-bond acceptors (Lipinski definition) is 6. The van der Waals surface area contributed by atoms with Crippen molar-refractivity contribution in [3.8, 4) is 5.75 Å². The summed E-state index contributed by atoms with van der Waals surface area (Å²) in [5.41, 5.74) is 2.39. The van der Waals surface area contributed by atoms with Crippen LogP contribution >= 0.6 is 22.9 Å².